The average molecular weight is 490 g/mol. The van der Waals surface area contributed by atoms with Crippen molar-refractivity contribution in [2.24, 2.45) is 11.8 Å². The first-order valence-electron chi connectivity index (χ1n) is 13.3. The molecule has 0 radical (unpaired) electrons. The SMILES string of the molecule is Cc1cccc(N2CCN(C(=O)Cn3nc(C(=O)N4CCC(=O)CC4)c4c3CC3C(C)C43)CC2)c1C. The molecule has 36 heavy (non-hydrogen) atoms. The Morgan fingerprint density at radius 3 is 2.44 bits per heavy atom. The molecule has 190 valence electrons. The highest BCUT2D eigenvalue weighted by Crippen LogP contribution is 2.62. The second-order valence-electron chi connectivity index (χ2n) is 11.0. The van der Waals surface area contributed by atoms with Crippen molar-refractivity contribution >= 4 is 23.3 Å². The van der Waals surface area contributed by atoms with Gasteiger partial charge in [-0.1, -0.05) is 19.1 Å². The first-order chi connectivity index (χ1) is 17.3. The van der Waals surface area contributed by atoms with Crippen LogP contribution in [0.1, 0.15) is 58.6 Å². The number of aromatic nitrogens is 2. The Morgan fingerprint density at radius 2 is 1.72 bits per heavy atom. The van der Waals surface area contributed by atoms with Gasteiger partial charge in [0.15, 0.2) is 5.69 Å². The lowest BCUT2D eigenvalue weighted by Gasteiger charge is -2.37. The molecule has 3 unspecified atom stereocenters. The number of anilines is 1. The van der Waals surface area contributed by atoms with E-state index in [2.05, 4.69) is 43.9 Å². The number of hydrogen-bond acceptors (Lipinski definition) is 5. The Morgan fingerprint density at radius 1 is 1.00 bits per heavy atom. The molecule has 0 N–H and O–H groups in total. The summed E-state index contributed by atoms with van der Waals surface area (Å²) in [7, 11) is 0. The van der Waals surface area contributed by atoms with Crippen LogP contribution in [-0.4, -0.2) is 76.4 Å². The Hall–Kier alpha value is -3.16. The van der Waals surface area contributed by atoms with Crippen molar-refractivity contribution in [1.29, 1.82) is 0 Å². The third-order valence-electron chi connectivity index (χ3n) is 9.07. The minimum atomic E-state index is -0.0770. The summed E-state index contributed by atoms with van der Waals surface area (Å²) < 4.78 is 1.82. The number of nitrogens with zero attached hydrogens (tertiary/aromatic N) is 5. The molecule has 1 saturated carbocycles. The van der Waals surface area contributed by atoms with Gasteiger partial charge in [0, 0.05) is 69.1 Å². The maximum absolute atomic E-state index is 13.4. The van der Waals surface area contributed by atoms with E-state index < -0.39 is 0 Å². The van der Waals surface area contributed by atoms with Crippen molar-refractivity contribution < 1.29 is 14.4 Å². The highest BCUT2D eigenvalue weighted by atomic mass is 16.2. The highest BCUT2D eigenvalue weighted by molar-refractivity contribution is 5.96. The molecule has 6 rings (SSSR count). The van der Waals surface area contributed by atoms with Crippen molar-refractivity contribution in [3.8, 4) is 0 Å². The third kappa shape index (κ3) is 3.82. The van der Waals surface area contributed by atoms with Gasteiger partial charge in [-0.15, -0.1) is 0 Å². The third-order valence-corrected chi connectivity index (χ3v) is 9.07. The maximum atomic E-state index is 13.4. The lowest BCUT2D eigenvalue weighted by molar-refractivity contribution is -0.132. The van der Waals surface area contributed by atoms with Crippen LogP contribution in [0.15, 0.2) is 18.2 Å². The van der Waals surface area contributed by atoms with Crippen molar-refractivity contribution in [2.45, 2.75) is 52.5 Å². The predicted molar refractivity (Wildman–Crippen MR) is 136 cm³/mol. The quantitative estimate of drug-likeness (QED) is 0.660. The summed E-state index contributed by atoms with van der Waals surface area (Å²) in [5, 5.41) is 4.74. The van der Waals surface area contributed by atoms with Crippen LogP contribution in [0.2, 0.25) is 0 Å². The monoisotopic (exact) mass is 489 g/mol. The van der Waals surface area contributed by atoms with E-state index in [1.807, 2.05) is 9.58 Å². The Kier molecular flexibility index (Phi) is 5.65. The average Bonchev–Trinajstić information content (AvgIpc) is 3.18. The van der Waals surface area contributed by atoms with Gasteiger partial charge in [-0.25, -0.2) is 0 Å². The molecule has 0 spiro atoms. The molecule has 1 aromatic carbocycles. The van der Waals surface area contributed by atoms with Crippen LogP contribution in [0.5, 0.6) is 0 Å². The molecule has 2 aromatic rings. The van der Waals surface area contributed by atoms with Gasteiger partial charge in [0.2, 0.25) is 5.91 Å². The minimum absolute atomic E-state index is 0.0668. The standard InChI is InChI=1S/C28H35N5O3/c1-17-5-4-6-22(18(17)2)30-11-13-31(14-12-30)24(35)16-33-23-15-21-19(3)25(21)26(23)27(29-33)28(36)32-9-7-20(34)8-10-32/h4-6,19,21,25H,7-16H2,1-3H3. The van der Waals surface area contributed by atoms with E-state index in [0.29, 0.717) is 62.5 Å². The van der Waals surface area contributed by atoms with Crippen LogP contribution in [0.3, 0.4) is 0 Å². The second kappa shape index (κ2) is 8.75. The Balaban J connectivity index is 1.16. The van der Waals surface area contributed by atoms with E-state index in [9.17, 15) is 14.4 Å². The van der Waals surface area contributed by atoms with Gasteiger partial charge in [-0.05, 0) is 55.2 Å². The topological polar surface area (TPSA) is 78.8 Å². The summed E-state index contributed by atoms with van der Waals surface area (Å²) in [5.41, 5.74) is 6.50. The van der Waals surface area contributed by atoms with E-state index in [4.69, 9.17) is 5.10 Å². The van der Waals surface area contributed by atoms with E-state index in [1.54, 1.807) is 4.90 Å². The van der Waals surface area contributed by atoms with Gasteiger partial charge in [0.25, 0.3) is 5.91 Å². The van der Waals surface area contributed by atoms with Crippen molar-refractivity contribution in [1.82, 2.24) is 19.6 Å². The van der Waals surface area contributed by atoms with Crippen molar-refractivity contribution in [3.05, 3.63) is 46.3 Å². The van der Waals surface area contributed by atoms with Crippen LogP contribution < -0.4 is 4.90 Å². The molecule has 1 aromatic heterocycles. The number of piperazine rings is 1. The zero-order valence-corrected chi connectivity index (χ0v) is 21.5. The second-order valence-corrected chi connectivity index (χ2v) is 11.0. The molecule has 2 aliphatic carbocycles. The number of ketones is 1. The zero-order chi connectivity index (χ0) is 25.1. The van der Waals surface area contributed by atoms with E-state index in [1.165, 1.54) is 16.8 Å². The van der Waals surface area contributed by atoms with Crippen LogP contribution in [0.25, 0.3) is 0 Å². The fourth-order valence-corrected chi connectivity index (χ4v) is 6.54. The molecule has 3 heterocycles. The Labute approximate surface area is 212 Å². The summed E-state index contributed by atoms with van der Waals surface area (Å²) in [5.74, 6) is 1.72. The van der Waals surface area contributed by atoms with E-state index in [-0.39, 0.29) is 24.1 Å². The summed E-state index contributed by atoms with van der Waals surface area (Å²) in [6.45, 7) is 10.6. The number of likely N-dealkylation sites (tertiary alicyclic amines) is 1. The summed E-state index contributed by atoms with van der Waals surface area (Å²) >= 11 is 0. The molecule has 3 atom stereocenters. The number of carbonyl (C=O) groups excluding carboxylic acids is 3. The summed E-state index contributed by atoms with van der Waals surface area (Å²) in [6, 6.07) is 6.39. The molecular formula is C28H35N5O3. The van der Waals surface area contributed by atoms with Gasteiger partial charge >= 0.3 is 0 Å². The zero-order valence-electron chi connectivity index (χ0n) is 21.5. The molecule has 4 aliphatic rings. The molecule has 2 saturated heterocycles. The predicted octanol–water partition coefficient (Wildman–Crippen LogP) is 2.56. The van der Waals surface area contributed by atoms with Crippen LogP contribution in [-0.2, 0) is 22.6 Å². The molecule has 8 heteroatoms. The number of amides is 2. The molecule has 2 amide bonds. The minimum Gasteiger partial charge on any atom is -0.368 e. The smallest absolute Gasteiger partial charge is 0.274 e. The highest BCUT2D eigenvalue weighted by Gasteiger charge is 2.56. The largest absolute Gasteiger partial charge is 0.368 e. The van der Waals surface area contributed by atoms with Crippen LogP contribution >= 0.6 is 0 Å². The lowest BCUT2D eigenvalue weighted by atomic mass is 10.0. The van der Waals surface area contributed by atoms with Gasteiger partial charge in [0.1, 0.15) is 12.3 Å². The normalized spacial score (nSPS) is 25.1. The van der Waals surface area contributed by atoms with Gasteiger partial charge in [-0.2, -0.15) is 5.10 Å². The van der Waals surface area contributed by atoms with Crippen LogP contribution in [0.4, 0.5) is 5.69 Å². The van der Waals surface area contributed by atoms with E-state index in [0.717, 1.165) is 30.8 Å². The molecule has 8 nitrogen and oxygen atoms in total. The summed E-state index contributed by atoms with van der Waals surface area (Å²) in [6.07, 6.45) is 1.74. The number of aryl methyl sites for hydroxylation is 1. The first-order valence-corrected chi connectivity index (χ1v) is 13.3. The molecule has 3 fully saturated rings. The molecule has 2 aliphatic heterocycles. The van der Waals surface area contributed by atoms with Gasteiger partial charge < -0.3 is 14.7 Å². The van der Waals surface area contributed by atoms with Gasteiger partial charge in [-0.3, -0.25) is 19.1 Å². The van der Waals surface area contributed by atoms with Gasteiger partial charge in [0.05, 0.1) is 0 Å². The number of Topliss-reactive ketones (excluding diaryl/α,β-unsaturated/α-hetero) is 1. The van der Waals surface area contributed by atoms with E-state index >= 15 is 0 Å². The number of rotatable bonds is 4. The number of piperidine rings is 1. The number of carbonyl (C=O) groups is 3. The number of hydrogen-bond donors (Lipinski definition) is 0. The lowest BCUT2D eigenvalue weighted by Crippen LogP contribution is -2.50. The summed E-state index contributed by atoms with van der Waals surface area (Å²) in [4.78, 5) is 44.5. The van der Waals surface area contributed by atoms with Crippen molar-refractivity contribution in [2.75, 3.05) is 44.2 Å². The Bertz CT molecular complexity index is 1230. The van der Waals surface area contributed by atoms with Crippen molar-refractivity contribution in [3.63, 3.8) is 0 Å². The van der Waals surface area contributed by atoms with Crippen LogP contribution in [0, 0.1) is 25.7 Å². The molecule has 0 bridgehead atoms. The fraction of sp³-hybridized carbons (Fsp3) is 0.571. The first kappa shape index (κ1) is 23.3. The maximum Gasteiger partial charge on any atom is 0.274 e. The molecular weight excluding hydrogens is 454 g/mol. The number of fused-ring (bicyclic) bond motifs is 3. The number of benzene rings is 1. The fourth-order valence-electron chi connectivity index (χ4n) is 6.54.